The average Bonchev–Trinajstić information content (AvgIpc) is 3.48. The molecule has 81 heavy (non-hydrogen) atoms. The third-order valence-electron chi connectivity index (χ3n) is 18.1. The van der Waals surface area contributed by atoms with Crippen LogP contribution in [0.2, 0.25) is 0 Å². The van der Waals surface area contributed by atoms with Crippen molar-refractivity contribution in [2.75, 3.05) is 85.3 Å². The Hall–Kier alpha value is -0.560. The fourth-order valence-electron chi connectivity index (χ4n) is 12.5. The zero-order valence-corrected chi connectivity index (χ0v) is 55.7. The second-order valence-electron chi connectivity index (χ2n) is 24.2. The third-order valence-corrected chi connectivity index (χ3v) is 18.1. The van der Waals surface area contributed by atoms with Gasteiger partial charge in [-0.1, -0.05) is 231 Å². The Morgan fingerprint density at radius 1 is 0.160 bits per heavy atom. The number of methoxy groups -OCH3 is 12. The molecule has 0 radical (unpaired) electrons. The third kappa shape index (κ3) is 39.8. The van der Waals surface area contributed by atoms with Gasteiger partial charge in [0.2, 0.25) is 0 Å². The van der Waals surface area contributed by atoms with Crippen LogP contribution in [-0.4, -0.2) is 120 Å². The number of unbranched alkanes of at least 4 members (excludes halogenated alkanes) is 36. The summed E-state index contributed by atoms with van der Waals surface area (Å²) < 4.78 is 65.6. The molecule has 4 N–H and O–H groups in total. The predicted octanol–water partition coefficient (Wildman–Crippen LogP) is 17.9. The van der Waals surface area contributed by atoms with Crippen LogP contribution in [0.5, 0.6) is 0 Å². The lowest BCUT2D eigenvalue weighted by atomic mass is 9.73. The SMILES string of the molecule is COC(CCCCCCCCCCCCC(N)(CCCCCCCCCCCCC(OC)(OC)OC)CC(N)(CCCCCCCCCCCCC(OC)(OC)OC)CCCCCCCCCCCCC(OC)(OC)OC)(OC)OC. The summed E-state index contributed by atoms with van der Waals surface area (Å²) >= 11 is 0. The zero-order chi connectivity index (χ0) is 60.1. The molecule has 0 saturated heterocycles. The highest BCUT2D eigenvalue weighted by atomic mass is 16.9. The predicted molar refractivity (Wildman–Crippen MR) is 335 cm³/mol. The van der Waals surface area contributed by atoms with Crippen LogP contribution in [-0.2, 0) is 56.8 Å². The Kier molecular flexibility index (Phi) is 52.2. The Labute approximate surface area is 501 Å². The summed E-state index contributed by atoms with van der Waals surface area (Å²) in [6.07, 6.45) is 58.2. The molecule has 0 unspecified atom stereocenters. The van der Waals surface area contributed by atoms with Crippen LogP contribution >= 0.6 is 0 Å². The second-order valence-corrected chi connectivity index (χ2v) is 24.2. The summed E-state index contributed by atoms with van der Waals surface area (Å²) in [6.45, 7) is 0. The van der Waals surface area contributed by atoms with Gasteiger partial charge in [-0.2, -0.15) is 0 Å². The molecule has 488 valence electrons. The molecule has 0 spiro atoms. The van der Waals surface area contributed by atoms with Gasteiger partial charge in [0.05, 0.1) is 0 Å². The number of hydrogen-bond donors (Lipinski definition) is 2. The molecule has 0 saturated carbocycles. The molecule has 0 rings (SSSR count). The fraction of sp³-hybridized carbons (Fsp3) is 1.00. The van der Waals surface area contributed by atoms with Crippen LogP contribution in [0.3, 0.4) is 0 Å². The van der Waals surface area contributed by atoms with Crippen LogP contribution in [0, 0.1) is 0 Å². The van der Waals surface area contributed by atoms with E-state index in [2.05, 4.69) is 0 Å². The molecule has 0 heterocycles. The van der Waals surface area contributed by atoms with Gasteiger partial charge in [0.1, 0.15) is 0 Å². The summed E-state index contributed by atoms with van der Waals surface area (Å²) in [5.74, 6) is -3.62. The number of rotatable bonds is 66. The smallest absolute Gasteiger partial charge is 0.282 e. The number of hydrogen-bond acceptors (Lipinski definition) is 14. The molecule has 0 aliphatic carbocycles. The monoisotopic (exact) mass is 1160 g/mol. The van der Waals surface area contributed by atoms with E-state index in [-0.39, 0.29) is 11.1 Å². The number of nitrogens with two attached hydrogens (primary N) is 2. The van der Waals surface area contributed by atoms with E-state index in [1.807, 2.05) is 0 Å². The lowest BCUT2D eigenvalue weighted by Gasteiger charge is -2.40. The molecule has 0 aromatic heterocycles. The highest BCUT2D eigenvalue weighted by molar-refractivity contribution is 4.97. The van der Waals surface area contributed by atoms with Crippen molar-refractivity contribution in [2.45, 2.75) is 350 Å². The van der Waals surface area contributed by atoms with Crippen molar-refractivity contribution in [2.24, 2.45) is 11.5 Å². The summed E-state index contributed by atoms with van der Waals surface area (Å²) in [5.41, 5.74) is 15.0. The van der Waals surface area contributed by atoms with E-state index in [9.17, 15) is 0 Å². The Bertz CT molecular complexity index is 1100. The molecule has 0 aliphatic rings. The molecule has 0 bridgehead atoms. The summed E-state index contributed by atoms with van der Waals surface area (Å²) in [4.78, 5) is 0. The van der Waals surface area contributed by atoms with Gasteiger partial charge in [-0.3, -0.25) is 0 Å². The Balaban J connectivity index is 5.43. The second kappa shape index (κ2) is 52.6. The van der Waals surface area contributed by atoms with Gasteiger partial charge < -0.3 is 68.3 Å². The van der Waals surface area contributed by atoms with E-state index < -0.39 is 23.9 Å². The van der Waals surface area contributed by atoms with E-state index in [0.717, 1.165) is 83.5 Å². The number of ether oxygens (including phenoxy) is 12. The quantitative estimate of drug-likeness (QED) is 0.0437. The maximum Gasteiger partial charge on any atom is 0.282 e. The molecular formula is C67H138N2O12. The molecule has 0 aromatic rings. The lowest BCUT2D eigenvalue weighted by Crippen LogP contribution is -2.52. The molecule has 0 atom stereocenters. The van der Waals surface area contributed by atoms with E-state index in [1.165, 1.54) is 231 Å². The first-order valence-corrected chi connectivity index (χ1v) is 33.5. The molecule has 0 aromatic carbocycles. The van der Waals surface area contributed by atoms with Gasteiger partial charge >= 0.3 is 0 Å². The summed E-state index contributed by atoms with van der Waals surface area (Å²) in [7, 11) is 19.8. The van der Waals surface area contributed by atoms with Gasteiger partial charge in [-0.05, 0) is 57.8 Å². The van der Waals surface area contributed by atoms with Crippen molar-refractivity contribution in [3.63, 3.8) is 0 Å². The minimum Gasteiger partial charge on any atom is -0.331 e. The van der Waals surface area contributed by atoms with E-state index >= 15 is 0 Å². The minimum atomic E-state index is -0.905. The Morgan fingerprint density at radius 2 is 0.259 bits per heavy atom. The largest absolute Gasteiger partial charge is 0.331 e. The molecule has 14 heteroatoms. The van der Waals surface area contributed by atoms with Crippen molar-refractivity contribution >= 4 is 0 Å². The van der Waals surface area contributed by atoms with Crippen LogP contribution in [0.15, 0.2) is 0 Å². The van der Waals surface area contributed by atoms with Crippen molar-refractivity contribution in [3.8, 4) is 0 Å². The van der Waals surface area contributed by atoms with E-state index in [0.29, 0.717) is 0 Å². The van der Waals surface area contributed by atoms with Crippen LogP contribution in [0.1, 0.15) is 315 Å². The summed E-state index contributed by atoms with van der Waals surface area (Å²) in [6, 6.07) is 0. The topological polar surface area (TPSA) is 163 Å². The first-order chi connectivity index (χ1) is 39.3. The standard InChI is InChI=1S/C67H138N2O12/c1-70-64(71-2,72-3)57-49-41-33-25-17-13-21-29-37-45-53-62(68,54-46-38-30-22-14-18-26-34-42-50-58-65(73-4,74-5)75-6)61-63(69,55-47-39-31-23-15-19-27-35-43-51-59-66(76-7,77-8)78-9)56-48-40-32-24-16-20-28-36-44-52-60-67(79-10,80-11)81-12/h13-61,68-69H2,1-12H3. The minimum absolute atomic E-state index is 0.205. The molecule has 0 aliphatic heterocycles. The highest BCUT2D eigenvalue weighted by Crippen LogP contribution is 2.35. The zero-order valence-electron chi connectivity index (χ0n) is 55.7. The maximum absolute atomic E-state index is 7.71. The van der Waals surface area contributed by atoms with Gasteiger partial charge in [-0.15, -0.1) is 0 Å². The average molecular weight is 1160 g/mol. The van der Waals surface area contributed by atoms with Gasteiger partial charge in [0.15, 0.2) is 0 Å². The molecule has 0 fully saturated rings. The van der Waals surface area contributed by atoms with Crippen molar-refractivity contribution < 1.29 is 56.8 Å². The first-order valence-electron chi connectivity index (χ1n) is 33.5. The fourth-order valence-corrected chi connectivity index (χ4v) is 12.5. The van der Waals surface area contributed by atoms with Crippen LogP contribution < -0.4 is 11.5 Å². The van der Waals surface area contributed by atoms with Gasteiger partial charge in [-0.25, -0.2) is 0 Å². The van der Waals surface area contributed by atoms with Crippen LogP contribution in [0.25, 0.3) is 0 Å². The van der Waals surface area contributed by atoms with Crippen molar-refractivity contribution in [1.29, 1.82) is 0 Å². The van der Waals surface area contributed by atoms with E-state index in [4.69, 9.17) is 68.3 Å². The van der Waals surface area contributed by atoms with Crippen molar-refractivity contribution in [1.82, 2.24) is 0 Å². The van der Waals surface area contributed by atoms with Gasteiger partial charge in [0.25, 0.3) is 23.9 Å². The Morgan fingerprint density at radius 3 is 0.370 bits per heavy atom. The normalized spacial score (nSPS) is 13.1. The van der Waals surface area contributed by atoms with Crippen LogP contribution in [0.4, 0.5) is 0 Å². The molecule has 14 nitrogen and oxygen atoms in total. The molecule has 0 amide bonds. The van der Waals surface area contributed by atoms with Gasteiger partial charge in [0, 0.05) is 122 Å². The maximum atomic E-state index is 7.71. The highest BCUT2D eigenvalue weighted by Gasteiger charge is 2.36. The van der Waals surface area contributed by atoms with Crippen molar-refractivity contribution in [3.05, 3.63) is 0 Å². The van der Waals surface area contributed by atoms with E-state index in [1.54, 1.807) is 85.3 Å². The summed E-state index contributed by atoms with van der Waals surface area (Å²) in [5, 5.41) is 0. The first kappa shape index (κ1) is 80.4. The molecular weight excluding hydrogens is 1020 g/mol. The lowest BCUT2D eigenvalue weighted by molar-refractivity contribution is -0.355.